The third-order valence-corrected chi connectivity index (χ3v) is 6.37. The summed E-state index contributed by atoms with van der Waals surface area (Å²) in [5.74, 6) is 0.0673. The standard InChI is InChI=1S/C23H24Cl2N2O/c24-20-11-10-18(15-21(20)25)19-9-6-14-27(23(19)28)22(16-26-12-4-5-13-26)17-7-2-1-3-8-17/h1-3,7-11,15,22H,4-6,12-14,16H2. The lowest BCUT2D eigenvalue weighted by Crippen LogP contribution is -2.43. The lowest BCUT2D eigenvalue weighted by atomic mass is 9.96. The van der Waals surface area contributed by atoms with Crippen LogP contribution in [-0.4, -0.2) is 41.9 Å². The highest BCUT2D eigenvalue weighted by Gasteiger charge is 2.32. The van der Waals surface area contributed by atoms with Gasteiger partial charge in [-0.05, 0) is 55.6 Å². The van der Waals surface area contributed by atoms with Gasteiger partial charge in [0.15, 0.2) is 0 Å². The molecule has 2 aliphatic heterocycles. The maximum atomic E-state index is 13.5. The zero-order chi connectivity index (χ0) is 19.5. The fourth-order valence-corrected chi connectivity index (χ4v) is 4.46. The van der Waals surface area contributed by atoms with Crippen molar-refractivity contribution in [1.82, 2.24) is 9.80 Å². The summed E-state index contributed by atoms with van der Waals surface area (Å²) in [6, 6.07) is 15.9. The summed E-state index contributed by atoms with van der Waals surface area (Å²) in [4.78, 5) is 18.0. The van der Waals surface area contributed by atoms with Gasteiger partial charge in [-0.2, -0.15) is 0 Å². The Morgan fingerprint density at radius 1 is 0.929 bits per heavy atom. The van der Waals surface area contributed by atoms with Crippen molar-refractivity contribution in [1.29, 1.82) is 0 Å². The van der Waals surface area contributed by atoms with E-state index in [-0.39, 0.29) is 11.9 Å². The van der Waals surface area contributed by atoms with Crippen molar-refractivity contribution in [3.05, 3.63) is 75.8 Å². The van der Waals surface area contributed by atoms with Crippen LogP contribution in [0.25, 0.3) is 5.57 Å². The Labute approximate surface area is 176 Å². The highest BCUT2D eigenvalue weighted by molar-refractivity contribution is 6.42. The molecule has 1 unspecified atom stereocenters. The van der Waals surface area contributed by atoms with Gasteiger partial charge in [-0.1, -0.05) is 65.7 Å². The van der Waals surface area contributed by atoms with Gasteiger partial charge in [-0.15, -0.1) is 0 Å². The number of amides is 1. The summed E-state index contributed by atoms with van der Waals surface area (Å²) in [6.45, 7) is 3.84. The molecule has 5 heteroatoms. The summed E-state index contributed by atoms with van der Waals surface area (Å²) < 4.78 is 0. The Morgan fingerprint density at radius 3 is 2.39 bits per heavy atom. The first-order valence-electron chi connectivity index (χ1n) is 9.87. The maximum Gasteiger partial charge on any atom is 0.254 e. The molecule has 1 atom stereocenters. The van der Waals surface area contributed by atoms with Crippen LogP contribution in [0.15, 0.2) is 54.6 Å². The number of carbonyl (C=O) groups is 1. The minimum Gasteiger partial charge on any atom is -0.330 e. The molecule has 1 fully saturated rings. The van der Waals surface area contributed by atoms with Crippen LogP contribution in [0.5, 0.6) is 0 Å². The van der Waals surface area contributed by atoms with E-state index in [9.17, 15) is 4.79 Å². The molecule has 0 spiro atoms. The number of hydrogen-bond donors (Lipinski definition) is 0. The van der Waals surface area contributed by atoms with Crippen molar-refractivity contribution in [2.24, 2.45) is 0 Å². The molecular formula is C23H24Cl2N2O. The van der Waals surface area contributed by atoms with Gasteiger partial charge in [0.05, 0.1) is 16.1 Å². The summed E-state index contributed by atoms with van der Waals surface area (Å²) in [7, 11) is 0. The molecule has 0 aromatic heterocycles. The van der Waals surface area contributed by atoms with E-state index in [4.69, 9.17) is 23.2 Å². The molecule has 1 saturated heterocycles. The number of rotatable bonds is 5. The predicted octanol–water partition coefficient (Wildman–Crippen LogP) is 5.45. The number of hydrogen-bond acceptors (Lipinski definition) is 2. The number of halogens is 2. The number of benzene rings is 2. The predicted molar refractivity (Wildman–Crippen MR) is 116 cm³/mol. The molecule has 0 aliphatic carbocycles. The van der Waals surface area contributed by atoms with Crippen molar-refractivity contribution < 1.29 is 4.79 Å². The van der Waals surface area contributed by atoms with E-state index >= 15 is 0 Å². The Bertz CT molecular complexity index is 875. The average Bonchev–Trinajstić information content (AvgIpc) is 3.23. The molecule has 0 N–H and O–H groups in total. The molecule has 2 aliphatic rings. The quantitative estimate of drug-likeness (QED) is 0.649. The van der Waals surface area contributed by atoms with Crippen LogP contribution >= 0.6 is 23.2 Å². The third kappa shape index (κ3) is 4.12. The van der Waals surface area contributed by atoms with Crippen LogP contribution in [0.3, 0.4) is 0 Å². The van der Waals surface area contributed by atoms with Crippen LogP contribution < -0.4 is 0 Å². The van der Waals surface area contributed by atoms with E-state index in [0.717, 1.165) is 38.2 Å². The molecule has 0 radical (unpaired) electrons. The largest absolute Gasteiger partial charge is 0.330 e. The fourth-order valence-electron chi connectivity index (χ4n) is 4.16. The van der Waals surface area contributed by atoms with E-state index in [0.29, 0.717) is 15.6 Å². The Hall–Kier alpha value is -1.81. The minimum absolute atomic E-state index is 0.0540. The summed E-state index contributed by atoms with van der Waals surface area (Å²) in [6.07, 6.45) is 5.34. The van der Waals surface area contributed by atoms with Crippen LogP contribution in [0.1, 0.15) is 36.4 Å². The molecule has 1 amide bonds. The third-order valence-electron chi connectivity index (χ3n) is 5.63. The van der Waals surface area contributed by atoms with Crippen molar-refractivity contribution >= 4 is 34.7 Å². The maximum absolute atomic E-state index is 13.5. The summed E-state index contributed by atoms with van der Waals surface area (Å²) in [5.41, 5.74) is 2.74. The Kier molecular flexibility index (Phi) is 6.05. The van der Waals surface area contributed by atoms with Gasteiger partial charge in [0.25, 0.3) is 5.91 Å². The van der Waals surface area contributed by atoms with E-state index in [1.165, 1.54) is 18.4 Å². The van der Waals surface area contributed by atoms with Gasteiger partial charge in [-0.3, -0.25) is 4.79 Å². The second kappa shape index (κ2) is 8.69. The zero-order valence-corrected chi connectivity index (χ0v) is 17.3. The van der Waals surface area contributed by atoms with Gasteiger partial charge in [-0.25, -0.2) is 0 Å². The molecule has 0 bridgehead atoms. The SMILES string of the molecule is O=C1C(c2ccc(Cl)c(Cl)c2)=CCCN1C(CN1CCCC1)c1ccccc1. The van der Waals surface area contributed by atoms with E-state index in [2.05, 4.69) is 29.2 Å². The van der Waals surface area contributed by atoms with Gasteiger partial charge in [0.1, 0.15) is 0 Å². The first kappa shape index (κ1) is 19.5. The minimum atomic E-state index is 0.0540. The monoisotopic (exact) mass is 414 g/mol. The Morgan fingerprint density at radius 2 is 1.68 bits per heavy atom. The van der Waals surface area contributed by atoms with Crippen LogP contribution in [0, 0.1) is 0 Å². The second-order valence-corrected chi connectivity index (χ2v) is 8.28. The van der Waals surface area contributed by atoms with Crippen LogP contribution in [-0.2, 0) is 4.79 Å². The van der Waals surface area contributed by atoms with E-state index < -0.39 is 0 Å². The van der Waals surface area contributed by atoms with Crippen molar-refractivity contribution in [2.75, 3.05) is 26.2 Å². The highest BCUT2D eigenvalue weighted by Crippen LogP contribution is 2.33. The van der Waals surface area contributed by atoms with E-state index in [1.807, 2.05) is 23.1 Å². The molecule has 146 valence electrons. The molecule has 0 saturated carbocycles. The number of likely N-dealkylation sites (tertiary alicyclic amines) is 1. The smallest absolute Gasteiger partial charge is 0.254 e. The lowest BCUT2D eigenvalue weighted by molar-refractivity contribution is -0.128. The topological polar surface area (TPSA) is 23.6 Å². The normalized spacial score (nSPS) is 19.0. The molecular weight excluding hydrogens is 391 g/mol. The lowest BCUT2D eigenvalue weighted by Gasteiger charge is -2.37. The van der Waals surface area contributed by atoms with Crippen LogP contribution in [0.2, 0.25) is 10.0 Å². The summed E-state index contributed by atoms with van der Waals surface area (Å²) >= 11 is 12.3. The van der Waals surface area contributed by atoms with Crippen molar-refractivity contribution in [3.8, 4) is 0 Å². The van der Waals surface area contributed by atoms with Crippen molar-refractivity contribution in [3.63, 3.8) is 0 Å². The molecule has 28 heavy (non-hydrogen) atoms. The van der Waals surface area contributed by atoms with Gasteiger partial charge in [0, 0.05) is 18.7 Å². The molecule has 2 aromatic carbocycles. The average molecular weight is 415 g/mol. The molecule has 2 heterocycles. The Balaban J connectivity index is 1.63. The number of nitrogens with zero attached hydrogens (tertiary/aromatic N) is 2. The molecule has 2 aromatic rings. The highest BCUT2D eigenvalue weighted by atomic mass is 35.5. The second-order valence-electron chi connectivity index (χ2n) is 7.47. The first-order valence-corrected chi connectivity index (χ1v) is 10.6. The van der Waals surface area contributed by atoms with Gasteiger partial charge >= 0.3 is 0 Å². The van der Waals surface area contributed by atoms with E-state index in [1.54, 1.807) is 12.1 Å². The fraction of sp³-hybridized carbons (Fsp3) is 0.348. The van der Waals surface area contributed by atoms with Crippen molar-refractivity contribution in [2.45, 2.75) is 25.3 Å². The van der Waals surface area contributed by atoms with Gasteiger partial charge in [0.2, 0.25) is 0 Å². The van der Waals surface area contributed by atoms with Crippen LogP contribution in [0.4, 0.5) is 0 Å². The first-order chi connectivity index (χ1) is 13.6. The zero-order valence-electron chi connectivity index (χ0n) is 15.8. The van der Waals surface area contributed by atoms with Gasteiger partial charge < -0.3 is 9.80 Å². The molecule has 4 rings (SSSR count). The number of carbonyl (C=O) groups excluding carboxylic acids is 1. The molecule has 3 nitrogen and oxygen atoms in total. The summed E-state index contributed by atoms with van der Waals surface area (Å²) in [5, 5.41) is 0.976.